The minimum absolute atomic E-state index is 0.195. The third kappa shape index (κ3) is 2.71. The summed E-state index contributed by atoms with van der Waals surface area (Å²) in [5.74, 6) is 0.278. The molecule has 0 aromatic heterocycles. The predicted molar refractivity (Wildman–Crippen MR) is 69.3 cm³/mol. The Morgan fingerprint density at radius 1 is 1.56 bits per heavy atom. The molecule has 86 valence electrons. The zero-order valence-electron chi connectivity index (χ0n) is 8.65. The second-order valence-electron chi connectivity index (χ2n) is 3.59. The SMILES string of the molecule is O=C(O)CCN1CCSc2cc(Br)ccc21. The number of thioether (sulfide) groups is 1. The molecule has 3 nitrogen and oxygen atoms in total. The Kier molecular flexibility index (Phi) is 3.76. The Morgan fingerprint density at radius 3 is 3.12 bits per heavy atom. The van der Waals surface area contributed by atoms with E-state index in [1.165, 1.54) is 4.90 Å². The lowest BCUT2D eigenvalue weighted by Crippen LogP contribution is -2.31. The highest BCUT2D eigenvalue weighted by Crippen LogP contribution is 2.36. The fraction of sp³-hybridized carbons (Fsp3) is 0.364. The summed E-state index contributed by atoms with van der Waals surface area (Å²) in [5.41, 5.74) is 1.15. The molecule has 0 radical (unpaired) electrons. The number of carbonyl (C=O) groups is 1. The number of carboxylic acid groups (broad SMARTS) is 1. The van der Waals surface area contributed by atoms with E-state index in [0.717, 1.165) is 22.5 Å². The number of anilines is 1. The van der Waals surface area contributed by atoms with Crippen LogP contribution in [0.3, 0.4) is 0 Å². The molecule has 1 aromatic rings. The number of fused-ring (bicyclic) bond motifs is 1. The van der Waals surface area contributed by atoms with Crippen LogP contribution in [0.2, 0.25) is 0 Å². The van der Waals surface area contributed by atoms with Gasteiger partial charge in [0.15, 0.2) is 0 Å². The number of carboxylic acids is 1. The Morgan fingerprint density at radius 2 is 2.38 bits per heavy atom. The molecule has 0 atom stereocenters. The first-order valence-corrected chi connectivity index (χ1v) is 6.84. The van der Waals surface area contributed by atoms with Gasteiger partial charge in [-0.25, -0.2) is 0 Å². The average Bonchev–Trinajstić information content (AvgIpc) is 2.25. The number of halogens is 1. The summed E-state index contributed by atoms with van der Waals surface area (Å²) in [4.78, 5) is 13.9. The van der Waals surface area contributed by atoms with Gasteiger partial charge in [0.2, 0.25) is 0 Å². The van der Waals surface area contributed by atoms with Crippen LogP contribution in [-0.4, -0.2) is 29.9 Å². The minimum atomic E-state index is -0.739. The lowest BCUT2D eigenvalue weighted by molar-refractivity contribution is -0.136. The van der Waals surface area contributed by atoms with Gasteiger partial charge in [-0.1, -0.05) is 15.9 Å². The first kappa shape index (κ1) is 11.8. The molecular weight excluding hydrogens is 290 g/mol. The molecular formula is C11H12BrNO2S. The lowest BCUT2D eigenvalue weighted by atomic mass is 10.2. The number of benzene rings is 1. The van der Waals surface area contributed by atoms with Crippen molar-refractivity contribution in [1.29, 1.82) is 0 Å². The van der Waals surface area contributed by atoms with Crippen molar-refractivity contribution in [3.63, 3.8) is 0 Å². The van der Waals surface area contributed by atoms with Gasteiger partial charge in [0.25, 0.3) is 0 Å². The van der Waals surface area contributed by atoms with Crippen LogP contribution in [0.1, 0.15) is 6.42 Å². The van der Waals surface area contributed by atoms with Crippen molar-refractivity contribution in [1.82, 2.24) is 0 Å². The standard InChI is InChI=1S/C11H12BrNO2S/c12-8-1-2-9-10(7-8)16-6-5-13(9)4-3-11(14)15/h1-2,7H,3-6H2,(H,14,15). The van der Waals surface area contributed by atoms with Crippen LogP contribution in [0.25, 0.3) is 0 Å². The van der Waals surface area contributed by atoms with Crippen LogP contribution in [0.4, 0.5) is 5.69 Å². The molecule has 1 aliphatic heterocycles. The lowest BCUT2D eigenvalue weighted by Gasteiger charge is -2.30. The molecule has 0 saturated heterocycles. The van der Waals surface area contributed by atoms with Crippen molar-refractivity contribution in [2.45, 2.75) is 11.3 Å². The van der Waals surface area contributed by atoms with E-state index >= 15 is 0 Å². The van der Waals surface area contributed by atoms with Gasteiger partial charge in [-0.15, -0.1) is 11.8 Å². The van der Waals surface area contributed by atoms with Gasteiger partial charge in [0, 0.05) is 28.2 Å². The topological polar surface area (TPSA) is 40.5 Å². The summed E-state index contributed by atoms with van der Waals surface area (Å²) >= 11 is 5.27. The van der Waals surface area contributed by atoms with Crippen LogP contribution < -0.4 is 4.90 Å². The number of nitrogens with zero attached hydrogens (tertiary/aromatic N) is 1. The van der Waals surface area contributed by atoms with Crippen molar-refractivity contribution in [2.75, 3.05) is 23.7 Å². The molecule has 0 fully saturated rings. The third-order valence-electron chi connectivity index (χ3n) is 2.48. The summed E-state index contributed by atoms with van der Waals surface area (Å²) < 4.78 is 1.07. The van der Waals surface area contributed by atoms with Gasteiger partial charge in [0.1, 0.15) is 0 Å². The summed E-state index contributed by atoms with van der Waals surface area (Å²) in [5, 5.41) is 8.70. The third-order valence-corrected chi connectivity index (χ3v) is 3.99. The Hall–Kier alpha value is -0.680. The first-order valence-electron chi connectivity index (χ1n) is 5.06. The molecule has 0 saturated carbocycles. The van der Waals surface area contributed by atoms with E-state index in [-0.39, 0.29) is 6.42 Å². The highest BCUT2D eigenvalue weighted by Gasteiger charge is 2.17. The van der Waals surface area contributed by atoms with E-state index in [1.807, 2.05) is 23.9 Å². The summed E-state index contributed by atoms with van der Waals surface area (Å²) in [7, 11) is 0. The summed E-state index contributed by atoms with van der Waals surface area (Å²) in [6.45, 7) is 1.51. The number of hydrogen-bond acceptors (Lipinski definition) is 3. The maximum Gasteiger partial charge on any atom is 0.305 e. The molecule has 1 heterocycles. The van der Waals surface area contributed by atoms with E-state index in [2.05, 4.69) is 26.9 Å². The normalized spacial score (nSPS) is 14.7. The average molecular weight is 302 g/mol. The van der Waals surface area contributed by atoms with E-state index < -0.39 is 5.97 Å². The number of aliphatic carboxylic acids is 1. The van der Waals surface area contributed by atoms with Gasteiger partial charge >= 0.3 is 5.97 Å². The minimum Gasteiger partial charge on any atom is -0.481 e. The highest BCUT2D eigenvalue weighted by molar-refractivity contribution is 9.10. The molecule has 16 heavy (non-hydrogen) atoms. The van der Waals surface area contributed by atoms with Gasteiger partial charge in [-0.3, -0.25) is 4.79 Å². The molecule has 1 N–H and O–H groups in total. The quantitative estimate of drug-likeness (QED) is 0.932. The largest absolute Gasteiger partial charge is 0.481 e. The van der Waals surface area contributed by atoms with Crippen molar-refractivity contribution >= 4 is 39.3 Å². The van der Waals surface area contributed by atoms with Crippen molar-refractivity contribution in [2.24, 2.45) is 0 Å². The molecule has 1 aliphatic rings. The van der Waals surface area contributed by atoms with Crippen LogP contribution in [0, 0.1) is 0 Å². The zero-order chi connectivity index (χ0) is 11.5. The van der Waals surface area contributed by atoms with Gasteiger partial charge in [-0.2, -0.15) is 0 Å². The predicted octanol–water partition coefficient (Wildman–Crippen LogP) is 2.84. The van der Waals surface area contributed by atoms with E-state index in [4.69, 9.17) is 5.11 Å². The number of hydrogen-bond donors (Lipinski definition) is 1. The van der Waals surface area contributed by atoms with Crippen LogP contribution in [-0.2, 0) is 4.79 Å². The van der Waals surface area contributed by atoms with Crippen molar-refractivity contribution in [3.8, 4) is 0 Å². The maximum atomic E-state index is 10.6. The maximum absolute atomic E-state index is 10.6. The van der Waals surface area contributed by atoms with Gasteiger partial charge < -0.3 is 10.0 Å². The molecule has 5 heteroatoms. The second-order valence-corrected chi connectivity index (χ2v) is 5.64. The Balaban J connectivity index is 2.16. The molecule has 0 unspecified atom stereocenters. The second kappa shape index (κ2) is 5.10. The smallest absolute Gasteiger partial charge is 0.305 e. The zero-order valence-corrected chi connectivity index (χ0v) is 11.1. The van der Waals surface area contributed by atoms with E-state index in [9.17, 15) is 4.79 Å². The molecule has 0 spiro atoms. The van der Waals surface area contributed by atoms with E-state index in [0.29, 0.717) is 6.54 Å². The molecule has 0 bridgehead atoms. The van der Waals surface area contributed by atoms with Gasteiger partial charge in [-0.05, 0) is 18.2 Å². The fourth-order valence-electron chi connectivity index (χ4n) is 1.71. The van der Waals surface area contributed by atoms with Gasteiger partial charge in [0.05, 0.1) is 12.1 Å². The van der Waals surface area contributed by atoms with Crippen molar-refractivity contribution in [3.05, 3.63) is 22.7 Å². The van der Waals surface area contributed by atoms with Crippen molar-refractivity contribution < 1.29 is 9.90 Å². The molecule has 2 rings (SSSR count). The van der Waals surface area contributed by atoms with Crippen LogP contribution in [0.5, 0.6) is 0 Å². The fourth-order valence-corrected chi connectivity index (χ4v) is 3.31. The first-order chi connectivity index (χ1) is 7.66. The molecule has 1 aromatic carbocycles. The summed E-state index contributed by atoms with van der Waals surface area (Å²) in [6, 6.07) is 6.14. The van der Waals surface area contributed by atoms with Crippen LogP contribution in [0.15, 0.2) is 27.6 Å². The Bertz CT molecular complexity index is 411. The molecule has 0 aliphatic carbocycles. The highest BCUT2D eigenvalue weighted by atomic mass is 79.9. The summed E-state index contributed by atoms with van der Waals surface area (Å²) in [6.07, 6.45) is 0.195. The van der Waals surface area contributed by atoms with E-state index in [1.54, 1.807) is 0 Å². The van der Waals surface area contributed by atoms with Crippen LogP contribution >= 0.6 is 27.7 Å². The number of rotatable bonds is 3. The molecule has 0 amide bonds. The monoisotopic (exact) mass is 301 g/mol. The Labute approximate surface area is 107 Å².